The standard InChI is InChI=1S/C9H15N5O2S/c1-5(15)12-3-4-13-9-6(8(16)11-2)7(10)14-17-9/h13H,3-4H2,1-2H3,(H2,10,14)(H,11,16)(H,12,15). The van der Waals surface area contributed by atoms with Gasteiger partial charge in [-0.1, -0.05) is 0 Å². The molecule has 5 N–H and O–H groups in total. The lowest BCUT2D eigenvalue weighted by Crippen LogP contribution is -2.27. The van der Waals surface area contributed by atoms with Crippen molar-refractivity contribution in [3.05, 3.63) is 5.56 Å². The maximum atomic E-state index is 11.5. The Bertz CT molecular complexity index is 418. The molecule has 0 aliphatic rings. The fourth-order valence-corrected chi connectivity index (χ4v) is 1.92. The summed E-state index contributed by atoms with van der Waals surface area (Å²) >= 11 is 1.12. The van der Waals surface area contributed by atoms with Crippen LogP contribution in [0, 0.1) is 0 Å². The smallest absolute Gasteiger partial charge is 0.257 e. The summed E-state index contributed by atoms with van der Waals surface area (Å²) < 4.78 is 3.91. The minimum absolute atomic E-state index is 0.0952. The molecular weight excluding hydrogens is 242 g/mol. The first-order valence-corrected chi connectivity index (χ1v) is 5.79. The average molecular weight is 257 g/mol. The van der Waals surface area contributed by atoms with Crippen molar-refractivity contribution in [1.29, 1.82) is 0 Å². The molecule has 0 saturated heterocycles. The van der Waals surface area contributed by atoms with Crippen LogP contribution in [0.2, 0.25) is 0 Å². The highest BCUT2D eigenvalue weighted by molar-refractivity contribution is 7.11. The van der Waals surface area contributed by atoms with Gasteiger partial charge < -0.3 is 21.7 Å². The van der Waals surface area contributed by atoms with Crippen molar-refractivity contribution >= 4 is 34.2 Å². The van der Waals surface area contributed by atoms with Crippen molar-refractivity contribution in [2.75, 3.05) is 31.2 Å². The zero-order valence-electron chi connectivity index (χ0n) is 9.66. The van der Waals surface area contributed by atoms with Crippen LogP contribution >= 0.6 is 11.5 Å². The number of hydrogen-bond acceptors (Lipinski definition) is 6. The van der Waals surface area contributed by atoms with Gasteiger partial charge in [-0.25, -0.2) is 0 Å². The van der Waals surface area contributed by atoms with Crippen LogP contribution in [0.5, 0.6) is 0 Å². The number of carbonyl (C=O) groups excluding carboxylic acids is 2. The van der Waals surface area contributed by atoms with E-state index in [0.717, 1.165) is 11.5 Å². The van der Waals surface area contributed by atoms with Crippen molar-refractivity contribution < 1.29 is 9.59 Å². The number of nitrogens with zero attached hydrogens (tertiary/aromatic N) is 1. The van der Waals surface area contributed by atoms with E-state index in [0.29, 0.717) is 23.7 Å². The Balaban J connectivity index is 2.59. The van der Waals surface area contributed by atoms with Gasteiger partial charge in [0.1, 0.15) is 10.6 Å². The first-order chi connectivity index (χ1) is 8.06. The van der Waals surface area contributed by atoms with E-state index < -0.39 is 0 Å². The number of amides is 2. The first kappa shape index (κ1) is 13.2. The van der Waals surface area contributed by atoms with Gasteiger partial charge >= 0.3 is 0 Å². The fourth-order valence-electron chi connectivity index (χ4n) is 1.18. The molecule has 1 aromatic heterocycles. The zero-order valence-corrected chi connectivity index (χ0v) is 10.5. The normalized spacial score (nSPS) is 9.76. The van der Waals surface area contributed by atoms with Gasteiger partial charge in [-0.15, -0.1) is 0 Å². The number of hydrogen-bond donors (Lipinski definition) is 4. The number of carbonyl (C=O) groups is 2. The molecule has 0 atom stereocenters. The lowest BCUT2D eigenvalue weighted by molar-refractivity contribution is -0.118. The van der Waals surface area contributed by atoms with E-state index >= 15 is 0 Å². The summed E-state index contributed by atoms with van der Waals surface area (Å²) in [5.41, 5.74) is 5.95. The monoisotopic (exact) mass is 257 g/mol. The Hall–Kier alpha value is -1.83. The molecule has 1 aromatic rings. The summed E-state index contributed by atoms with van der Waals surface area (Å²) in [6, 6.07) is 0. The molecule has 0 bridgehead atoms. The summed E-state index contributed by atoms with van der Waals surface area (Å²) in [7, 11) is 1.53. The van der Waals surface area contributed by atoms with Gasteiger partial charge in [0.15, 0.2) is 5.82 Å². The highest BCUT2D eigenvalue weighted by Gasteiger charge is 2.17. The lowest BCUT2D eigenvalue weighted by atomic mass is 10.3. The van der Waals surface area contributed by atoms with E-state index in [2.05, 4.69) is 20.3 Å². The van der Waals surface area contributed by atoms with Crippen LogP contribution in [0.25, 0.3) is 0 Å². The summed E-state index contributed by atoms with van der Waals surface area (Å²) in [4.78, 5) is 22.2. The second-order valence-corrected chi connectivity index (χ2v) is 4.03. The second-order valence-electron chi connectivity index (χ2n) is 3.26. The molecular formula is C9H15N5O2S. The third-order valence-electron chi connectivity index (χ3n) is 1.96. The van der Waals surface area contributed by atoms with E-state index in [1.807, 2.05) is 0 Å². The van der Waals surface area contributed by atoms with Gasteiger partial charge in [-0.05, 0) is 11.5 Å². The number of rotatable bonds is 5. The average Bonchev–Trinajstić information content (AvgIpc) is 2.65. The van der Waals surface area contributed by atoms with Crippen molar-refractivity contribution in [1.82, 2.24) is 15.0 Å². The molecule has 0 radical (unpaired) electrons. The molecule has 0 aliphatic heterocycles. The Kier molecular flexibility index (Phi) is 4.70. The number of anilines is 2. The first-order valence-electron chi connectivity index (χ1n) is 5.01. The van der Waals surface area contributed by atoms with E-state index in [-0.39, 0.29) is 17.6 Å². The van der Waals surface area contributed by atoms with Crippen LogP contribution in [0.4, 0.5) is 10.8 Å². The van der Waals surface area contributed by atoms with Gasteiger partial charge in [-0.2, -0.15) is 4.37 Å². The van der Waals surface area contributed by atoms with Gasteiger partial charge in [0.25, 0.3) is 5.91 Å². The summed E-state index contributed by atoms with van der Waals surface area (Å²) in [5.74, 6) is -0.170. The number of nitrogens with one attached hydrogen (secondary N) is 3. The maximum absolute atomic E-state index is 11.5. The molecule has 0 aromatic carbocycles. The molecule has 0 aliphatic carbocycles. The molecule has 7 nitrogen and oxygen atoms in total. The maximum Gasteiger partial charge on any atom is 0.257 e. The van der Waals surface area contributed by atoms with E-state index in [1.165, 1.54) is 14.0 Å². The largest absolute Gasteiger partial charge is 0.382 e. The van der Waals surface area contributed by atoms with Gasteiger partial charge in [0.2, 0.25) is 5.91 Å². The predicted molar refractivity (Wildman–Crippen MR) is 67.1 cm³/mol. The second kappa shape index (κ2) is 6.04. The van der Waals surface area contributed by atoms with E-state index in [1.54, 1.807) is 0 Å². The van der Waals surface area contributed by atoms with Gasteiger partial charge in [0, 0.05) is 27.1 Å². The van der Waals surface area contributed by atoms with Crippen molar-refractivity contribution in [3.8, 4) is 0 Å². The number of nitrogen functional groups attached to an aromatic ring is 1. The quantitative estimate of drug-likeness (QED) is 0.538. The molecule has 0 saturated carbocycles. The van der Waals surface area contributed by atoms with Crippen LogP contribution in [-0.4, -0.2) is 36.3 Å². The van der Waals surface area contributed by atoms with E-state index in [9.17, 15) is 9.59 Å². The topological polar surface area (TPSA) is 109 Å². The van der Waals surface area contributed by atoms with Crippen molar-refractivity contribution in [2.24, 2.45) is 0 Å². The zero-order chi connectivity index (χ0) is 12.8. The van der Waals surface area contributed by atoms with Crippen LogP contribution in [0.15, 0.2) is 0 Å². The molecule has 2 amide bonds. The minimum Gasteiger partial charge on any atom is -0.382 e. The molecule has 94 valence electrons. The third-order valence-corrected chi connectivity index (χ3v) is 2.78. The summed E-state index contributed by atoms with van der Waals surface area (Å²) in [6.07, 6.45) is 0. The van der Waals surface area contributed by atoms with Crippen molar-refractivity contribution in [2.45, 2.75) is 6.92 Å². The van der Waals surface area contributed by atoms with Gasteiger partial charge in [-0.3, -0.25) is 9.59 Å². The summed E-state index contributed by atoms with van der Waals surface area (Å²) in [5, 5.41) is 8.74. The highest BCUT2D eigenvalue weighted by Crippen LogP contribution is 2.26. The molecule has 1 rings (SSSR count). The van der Waals surface area contributed by atoms with Crippen LogP contribution < -0.4 is 21.7 Å². The van der Waals surface area contributed by atoms with Crippen LogP contribution in [0.3, 0.4) is 0 Å². The fraction of sp³-hybridized carbons (Fsp3) is 0.444. The third kappa shape index (κ3) is 3.59. The number of nitrogens with two attached hydrogens (primary N) is 1. The Labute approximate surface area is 103 Å². The minimum atomic E-state index is -0.279. The Morgan fingerprint density at radius 2 is 2.12 bits per heavy atom. The van der Waals surface area contributed by atoms with Crippen LogP contribution in [-0.2, 0) is 4.79 Å². The molecule has 0 spiro atoms. The molecule has 0 unspecified atom stereocenters. The molecule has 1 heterocycles. The molecule has 0 fully saturated rings. The predicted octanol–water partition coefficient (Wildman–Crippen LogP) is -0.367. The van der Waals surface area contributed by atoms with E-state index in [4.69, 9.17) is 5.73 Å². The Morgan fingerprint density at radius 1 is 1.41 bits per heavy atom. The van der Waals surface area contributed by atoms with Crippen LogP contribution in [0.1, 0.15) is 17.3 Å². The molecule has 17 heavy (non-hydrogen) atoms. The SMILES string of the molecule is CNC(=O)c1c(N)nsc1NCCNC(C)=O. The lowest BCUT2D eigenvalue weighted by Gasteiger charge is -2.06. The van der Waals surface area contributed by atoms with Gasteiger partial charge in [0.05, 0.1) is 0 Å². The Morgan fingerprint density at radius 3 is 2.71 bits per heavy atom. The summed E-state index contributed by atoms with van der Waals surface area (Å²) in [6.45, 7) is 2.42. The molecule has 8 heteroatoms. The van der Waals surface area contributed by atoms with Crippen molar-refractivity contribution in [3.63, 3.8) is 0 Å². The number of aromatic nitrogens is 1. The highest BCUT2D eigenvalue weighted by atomic mass is 32.1.